The van der Waals surface area contributed by atoms with Gasteiger partial charge in [0.2, 0.25) is 0 Å². The second-order valence-electron chi connectivity index (χ2n) is 2.74. The Balaban J connectivity index is 2.18. The van der Waals surface area contributed by atoms with Crippen molar-refractivity contribution >= 4 is 0 Å². The average Bonchev–Trinajstić information content (AvgIpc) is 2.13. The van der Waals surface area contributed by atoms with E-state index in [0.29, 0.717) is 6.04 Å². The molecule has 1 saturated heterocycles. The Kier molecular flexibility index (Phi) is 3.01. The molecular weight excluding hydrogens is 112 g/mol. The Hall–Kier alpha value is -0.0800. The Morgan fingerprint density at radius 2 is 2.22 bits per heavy atom. The summed E-state index contributed by atoms with van der Waals surface area (Å²) in [4.78, 5) is 0. The summed E-state index contributed by atoms with van der Waals surface area (Å²) in [5.74, 6) is 0. The second-order valence-corrected chi connectivity index (χ2v) is 2.74. The van der Waals surface area contributed by atoms with Crippen molar-refractivity contribution in [3.8, 4) is 0 Å². The first kappa shape index (κ1) is 7.03. The van der Waals surface area contributed by atoms with Gasteiger partial charge in [0.25, 0.3) is 0 Å². The zero-order chi connectivity index (χ0) is 6.53. The van der Waals surface area contributed by atoms with E-state index in [4.69, 9.17) is 5.73 Å². The molecule has 1 aliphatic heterocycles. The zero-order valence-corrected chi connectivity index (χ0v) is 5.90. The van der Waals surface area contributed by atoms with E-state index in [1.807, 2.05) is 0 Å². The quantitative estimate of drug-likeness (QED) is 0.539. The van der Waals surface area contributed by atoms with Crippen molar-refractivity contribution in [2.45, 2.75) is 31.7 Å². The van der Waals surface area contributed by atoms with Gasteiger partial charge in [0, 0.05) is 12.6 Å². The maximum absolute atomic E-state index is 5.51. The SMILES string of the molecule is NC[C@H]1CCCCCN1. The van der Waals surface area contributed by atoms with E-state index in [-0.39, 0.29) is 0 Å². The Bertz CT molecular complexity index is 65.3. The number of hydrogen-bond acceptors (Lipinski definition) is 2. The van der Waals surface area contributed by atoms with Crippen molar-refractivity contribution in [1.82, 2.24) is 5.32 Å². The van der Waals surface area contributed by atoms with Gasteiger partial charge in [-0.1, -0.05) is 12.8 Å². The van der Waals surface area contributed by atoms with Gasteiger partial charge >= 0.3 is 0 Å². The molecule has 0 amide bonds. The van der Waals surface area contributed by atoms with Gasteiger partial charge in [0.1, 0.15) is 0 Å². The minimum absolute atomic E-state index is 0.604. The first-order valence-electron chi connectivity index (χ1n) is 3.87. The van der Waals surface area contributed by atoms with E-state index in [1.165, 1.54) is 32.2 Å². The van der Waals surface area contributed by atoms with E-state index in [9.17, 15) is 0 Å². The molecule has 0 saturated carbocycles. The molecule has 1 rings (SSSR count). The maximum atomic E-state index is 5.51. The van der Waals surface area contributed by atoms with Crippen molar-refractivity contribution in [2.24, 2.45) is 5.73 Å². The lowest BCUT2D eigenvalue weighted by Crippen LogP contribution is -2.35. The minimum atomic E-state index is 0.604. The molecule has 0 radical (unpaired) electrons. The van der Waals surface area contributed by atoms with Crippen LogP contribution in [0.5, 0.6) is 0 Å². The van der Waals surface area contributed by atoms with Crippen LogP contribution in [0.2, 0.25) is 0 Å². The van der Waals surface area contributed by atoms with Gasteiger partial charge in [-0.25, -0.2) is 0 Å². The van der Waals surface area contributed by atoms with Gasteiger partial charge in [-0.15, -0.1) is 0 Å². The largest absolute Gasteiger partial charge is 0.329 e. The molecule has 0 aromatic heterocycles. The first-order chi connectivity index (χ1) is 4.43. The van der Waals surface area contributed by atoms with Crippen molar-refractivity contribution in [3.05, 3.63) is 0 Å². The molecular formula is C7H16N2. The Labute approximate surface area is 56.8 Å². The molecule has 1 aliphatic rings. The highest BCUT2D eigenvalue weighted by Crippen LogP contribution is 2.06. The highest BCUT2D eigenvalue weighted by molar-refractivity contribution is 4.70. The zero-order valence-electron chi connectivity index (χ0n) is 5.90. The van der Waals surface area contributed by atoms with Crippen molar-refractivity contribution in [2.75, 3.05) is 13.1 Å². The summed E-state index contributed by atoms with van der Waals surface area (Å²) in [6.07, 6.45) is 5.34. The van der Waals surface area contributed by atoms with Crippen LogP contribution in [-0.4, -0.2) is 19.1 Å². The predicted octanol–water partition coefficient (Wildman–Crippen LogP) is 0.477. The van der Waals surface area contributed by atoms with Crippen LogP contribution in [0.3, 0.4) is 0 Å². The van der Waals surface area contributed by atoms with Crippen LogP contribution in [0, 0.1) is 0 Å². The van der Waals surface area contributed by atoms with Gasteiger partial charge in [-0.3, -0.25) is 0 Å². The monoisotopic (exact) mass is 128 g/mol. The molecule has 3 N–H and O–H groups in total. The Morgan fingerprint density at radius 1 is 1.33 bits per heavy atom. The predicted molar refractivity (Wildman–Crippen MR) is 39.3 cm³/mol. The molecule has 1 heterocycles. The van der Waals surface area contributed by atoms with Crippen LogP contribution in [0.1, 0.15) is 25.7 Å². The van der Waals surface area contributed by atoms with Gasteiger partial charge in [0.15, 0.2) is 0 Å². The molecule has 1 atom stereocenters. The second kappa shape index (κ2) is 3.85. The Morgan fingerprint density at radius 3 is 3.00 bits per heavy atom. The molecule has 0 spiro atoms. The van der Waals surface area contributed by atoms with E-state index in [0.717, 1.165) is 6.54 Å². The van der Waals surface area contributed by atoms with E-state index in [1.54, 1.807) is 0 Å². The van der Waals surface area contributed by atoms with Crippen molar-refractivity contribution in [3.63, 3.8) is 0 Å². The molecule has 0 unspecified atom stereocenters. The third kappa shape index (κ3) is 2.33. The fourth-order valence-electron chi connectivity index (χ4n) is 1.30. The lowest BCUT2D eigenvalue weighted by molar-refractivity contribution is 0.519. The summed E-state index contributed by atoms with van der Waals surface area (Å²) in [5, 5.41) is 3.41. The fraction of sp³-hybridized carbons (Fsp3) is 1.00. The number of rotatable bonds is 1. The summed E-state index contributed by atoms with van der Waals surface area (Å²) < 4.78 is 0. The summed E-state index contributed by atoms with van der Waals surface area (Å²) in [6.45, 7) is 1.97. The van der Waals surface area contributed by atoms with Gasteiger partial charge in [-0.05, 0) is 19.4 Å². The van der Waals surface area contributed by atoms with Crippen LogP contribution >= 0.6 is 0 Å². The van der Waals surface area contributed by atoms with Crippen LogP contribution in [0.25, 0.3) is 0 Å². The molecule has 0 bridgehead atoms. The smallest absolute Gasteiger partial charge is 0.0190 e. The highest BCUT2D eigenvalue weighted by Gasteiger charge is 2.07. The molecule has 0 aromatic rings. The fourth-order valence-corrected chi connectivity index (χ4v) is 1.30. The average molecular weight is 128 g/mol. The lowest BCUT2D eigenvalue weighted by Gasteiger charge is -2.11. The summed E-state index contributed by atoms with van der Waals surface area (Å²) >= 11 is 0. The molecule has 0 aromatic carbocycles. The van der Waals surface area contributed by atoms with Crippen LogP contribution in [0.15, 0.2) is 0 Å². The van der Waals surface area contributed by atoms with Gasteiger partial charge in [0.05, 0.1) is 0 Å². The van der Waals surface area contributed by atoms with Crippen LogP contribution < -0.4 is 11.1 Å². The van der Waals surface area contributed by atoms with Gasteiger partial charge in [-0.2, -0.15) is 0 Å². The summed E-state index contributed by atoms with van der Waals surface area (Å²) in [6, 6.07) is 0.604. The molecule has 2 nitrogen and oxygen atoms in total. The van der Waals surface area contributed by atoms with E-state index >= 15 is 0 Å². The third-order valence-corrected chi connectivity index (χ3v) is 1.95. The highest BCUT2D eigenvalue weighted by atomic mass is 14.9. The summed E-state index contributed by atoms with van der Waals surface area (Å²) in [5.41, 5.74) is 5.51. The van der Waals surface area contributed by atoms with E-state index in [2.05, 4.69) is 5.32 Å². The minimum Gasteiger partial charge on any atom is -0.329 e. The molecule has 2 heteroatoms. The molecule has 0 aliphatic carbocycles. The standard InChI is InChI=1S/C7H16N2/c8-6-7-4-2-1-3-5-9-7/h7,9H,1-6,8H2/t7-/m1/s1. The topological polar surface area (TPSA) is 38.0 Å². The normalized spacial score (nSPS) is 29.7. The maximum Gasteiger partial charge on any atom is 0.0190 e. The van der Waals surface area contributed by atoms with Crippen LogP contribution in [0.4, 0.5) is 0 Å². The summed E-state index contributed by atoms with van der Waals surface area (Å²) in [7, 11) is 0. The number of hydrogen-bond donors (Lipinski definition) is 2. The van der Waals surface area contributed by atoms with Crippen molar-refractivity contribution < 1.29 is 0 Å². The van der Waals surface area contributed by atoms with Crippen LogP contribution in [-0.2, 0) is 0 Å². The van der Waals surface area contributed by atoms with Gasteiger partial charge < -0.3 is 11.1 Å². The first-order valence-corrected chi connectivity index (χ1v) is 3.87. The number of nitrogens with one attached hydrogen (secondary N) is 1. The number of nitrogens with two attached hydrogens (primary N) is 1. The van der Waals surface area contributed by atoms with Crippen molar-refractivity contribution in [1.29, 1.82) is 0 Å². The molecule has 54 valence electrons. The molecule has 9 heavy (non-hydrogen) atoms. The van der Waals surface area contributed by atoms with E-state index < -0.39 is 0 Å². The molecule has 1 fully saturated rings. The lowest BCUT2D eigenvalue weighted by atomic mass is 10.1. The third-order valence-electron chi connectivity index (χ3n) is 1.95.